The molecule has 2 rings (SSSR count). The Morgan fingerprint density at radius 3 is 2.32 bits per heavy atom. The van der Waals surface area contributed by atoms with Gasteiger partial charge < -0.3 is 15.2 Å². The third-order valence-corrected chi connectivity index (χ3v) is 2.72. The van der Waals surface area contributed by atoms with Crippen LogP contribution in [-0.2, 0) is 6.54 Å². The van der Waals surface area contributed by atoms with Crippen molar-refractivity contribution in [3.8, 4) is 17.2 Å². The van der Waals surface area contributed by atoms with Crippen LogP contribution in [0.1, 0.15) is 18.9 Å². The molecule has 3 heteroatoms. The molecule has 3 nitrogen and oxygen atoms in total. The molecule has 0 unspecified atom stereocenters. The SMILES string of the molecule is CCCOc1ccc(Oc2ccccc2CN)cc1. The standard InChI is InChI=1S/C16H19NO2/c1-2-11-18-14-7-9-15(10-8-14)19-16-6-4-3-5-13(16)12-17/h3-10H,2,11-12,17H2,1H3. The molecule has 0 bridgehead atoms. The fraction of sp³-hybridized carbons (Fsp3) is 0.250. The molecule has 0 aromatic heterocycles. The van der Waals surface area contributed by atoms with E-state index in [1.807, 2.05) is 48.5 Å². The Kier molecular flexibility index (Phi) is 4.81. The van der Waals surface area contributed by atoms with Crippen LogP contribution in [-0.4, -0.2) is 6.61 Å². The predicted octanol–water partition coefficient (Wildman–Crippen LogP) is 3.73. The van der Waals surface area contributed by atoms with E-state index >= 15 is 0 Å². The van der Waals surface area contributed by atoms with Crippen molar-refractivity contribution in [3.05, 3.63) is 54.1 Å². The highest BCUT2D eigenvalue weighted by atomic mass is 16.5. The van der Waals surface area contributed by atoms with Crippen LogP contribution in [0.4, 0.5) is 0 Å². The summed E-state index contributed by atoms with van der Waals surface area (Å²) in [4.78, 5) is 0. The van der Waals surface area contributed by atoms with Crippen LogP contribution in [0.25, 0.3) is 0 Å². The lowest BCUT2D eigenvalue weighted by atomic mass is 10.2. The Balaban J connectivity index is 2.06. The minimum absolute atomic E-state index is 0.466. The summed E-state index contributed by atoms with van der Waals surface area (Å²) in [5.74, 6) is 2.44. The van der Waals surface area contributed by atoms with Gasteiger partial charge in [0, 0.05) is 12.1 Å². The Bertz CT molecular complexity index is 508. The van der Waals surface area contributed by atoms with Gasteiger partial charge in [-0.05, 0) is 36.8 Å². The van der Waals surface area contributed by atoms with Crippen LogP contribution in [0.3, 0.4) is 0 Å². The van der Waals surface area contributed by atoms with Gasteiger partial charge in [0.2, 0.25) is 0 Å². The van der Waals surface area contributed by atoms with Gasteiger partial charge in [0.15, 0.2) is 0 Å². The molecule has 100 valence electrons. The van der Waals surface area contributed by atoms with Gasteiger partial charge in [-0.25, -0.2) is 0 Å². The highest BCUT2D eigenvalue weighted by Gasteiger charge is 2.03. The predicted molar refractivity (Wildman–Crippen MR) is 76.6 cm³/mol. The highest BCUT2D eigenvalue weighted by Crippen LogP contribution is 2.26. The van der Waals surface area contributed by atoms with Gasteiger partial charge in [-0.1, -0.05) is 25.1 Å². The van der Waals surface area contributed by atoms with Crippen LogP contribution in [0.15, 0.2) is 48.5 Å². The van der Waals surface area contributed by atoms with E-state index in [9.17, 15) is 0 Å². The van der Waals surface area contributed by atoms with Gasteiger partial charge in [-0.2, -0.15) is 0 Å². The molecule has 19 heavy (non-hydrogen) atoms. The maximum atomic E-state index is 5.82. The lowest BCUT2D eigenvalue weighted by molar-refractivity contribution is 0.317. The molecule has 0 aliphatic rings. The lowest BCUT2D eigenvalue weighted by Crippen LogP contribution is -1.99. The van der Waals surface area contributed by atoms with E-state index in [1.165, 1.54) is 0 Å². The number of benzene rings is 2. The molecule has 0 atom stereocenters. The van der Waals surface area contributed by atoms with Gasteiger partial charge in [0.05, 0.1) is 6.61 Å². The van der Waals surface area contributed by atoms with E-state index < -0.39 is 0 Å². The molecule has 2 aromatic rings. The van der Waals surface area contributed by atoms with Crippen LogP contribution >= 0.6 is 0 Å². The topological polar surface area (TPSA) is 44.5 Å². The van der Waals surface area contributed by atoms with Crippen LogP contribution in [0.2, 0.25) is 0 Å². The van der Waals surface area contributed by atoms with E-state index in [4.69, 9.17) is 15.2 Å². The van der Waals surface area contributed by atoms with Gasteiger partial charge in [-0.3, -0.25) is 0 Å². The third kappa shape index (κ3) is 3.73. The van der Waals surface area contributed by atoms with Gasteiger partial charge in [0.25, 0.3) is 0 Å². The van der Waals surface area contributed by atoms with Gasteiger partial charge >= 0.3 is 0 Å². The second kappa shape index (κ2) is 6.81. The summed E-state index contributed by atoms with van der Waals surface area (Å²) in [5, 5.41) is 0. The number of hydrogen-bond donors (Lipinski definition) is 1. The van der Waals surface area contributed by atoms with E-state index in [1.54, 1.807) is 0 Å². The van der Waals surface area contributed by atoms with Crippen molar-refractivity contribution in [1.29, 1.82) is 0 Å². The monoisotopic (exact) mass is 257 g/mol. The Morgan fingerprint density at radius 2 is 1.63 bits per heavy atom. The summed E-state index contributed by atoms with van der Waals surface area (Å²) < 4.78 is 11.4. The van der Waals surface area contributed by atoms with E-state index in [0.717, 1.165) is 35.8 Å². The minimum atomic E-state index is 0.466. The Morgan fingerprint density at radius 1 is 0.947 bits per heavy atom. The van der Waals surface area contributed by atoms with Crippen molar-refractivity contribution in [2.24, 2.45) is 5.73 Å². The molecule has 0 radical (unpaired) electrons. The third-order valence-electron chi connectivity index (χ3n) is 2.72. The summed E-state index contributed by atoms with van der Waals surface area (Å²) in [7, 11) is 0. The molecular formula is C16H19NO2. The number of rotatable bonds is 6. The number of ether oxygens (including phenoxy) is 2. The lowest BCUT2D eigenvalue weighted by Gasteiger charge is -2.10. The molecule has 0 spiro atoms. The molecule has 0 aliphatic heterocycles. The molecule has 0 fully saturated rings. The summed E-state index contributed by atoms with van der Waals surface area (Å²) >= 11 is 0. The van der Waals surface area contributed by atoms with E-state index in [0.29, 0.717) is 6.54 Å². The maximum absolute atomic E-state index is 5.82. The fourth-order valence-electron chi connectivity index (χ4n) is 1.72. The first-order valence-corrected chi connectivity index (χ1v) is 6.52. The maximum Gasteiger partial charge on any atom is 0.131 e. The average Bonchev–Trinajstić information content (AvgIpc) is 2.47. The number of para-hydroxylation sites is 1. The smallest absolute Gasteiger partial charge is 0.131 e. The molecule has 0 saturated heterocycles. The van der Waals surface area contributed by atoms with Crippen LogP contribution < -0.4 is 15.2 Å². The van der Waals surface area contributed by atoms with E-state index in [-0.39, 0.29) is 0 Å². The Labute approximate surface area is 114 Å². The molecule has 0 aliphatic carbocycles. The normalized spacial score (nSPS) is 10.2. The van der Waals surface area contributed by atoms with Crippen molar-refractivity contribution < 1.29 is 9.47 Å². The first-order chi connectivity index (χ1) is 9.33. The van der Waals surface area contributed by atoms with Crippen molar-refractivity contribution in [2.75, 3.05) is 6.61 Å². The summed E-state index contributed by atoms with van der Waals surface area (Å²) in [6.45, 7) is 3.28. The summed E-state index contributed by atoms with van der Waals surface area (Å²) in [6.07, 6.45) is 1.00. The first-order valence-electron chi connectivity index (χ1n) is 6.52. The quantitative estimate of drug-likeness (QED) is 0.857. The number of hydrogen-bond acceptors (Lipinski definition) is 3. The minimum Gasteiger partial charge on any atom is -0.494 e. The molecular weight excluding hydrogens is 238 g/mol. The van der Waals surface area contributed by atoms with Crippen molar-refractivity contribution in [3.63, 3.8) is 0 Å². The zero-order valence-electron chi connectivity index (χ0n) is 11.1. The first kappa shape index (κ1) is 13.4. The van der Waals surface area contributed by atoms with Gasteiger partial charge in [-0.15, -0.1) is 0 Å². The molecule has 2 aromatic carbocycles. The van der Waals surface area contributed by atoms with Crippen molar-refractivity contribution in [2.45, 2.75) is 19.9 Å². The second-order valence-electron chi connectivity index (χ2n) is 4.23. The highest BCUT2D eigenvalue weighted by molar-refractivity contribution is 5.39. The van der Waals surface area contributed by atoms with Gasteiger partial charge in [0.1, 0.15) is 17.2 Å². The molecule has 0 heterocycles. The van der Waals surface area contributed by atoms with E-state index in [2.05, 4.69) is 6.92 Å². The fourth-order valence-corrected chi connectivity index (χ4v) is 1.72. The zero-order chi connectivity index (χ0) is 13.5. The second-order valence-corrected chi connectivity index (χ2v) is 4.23. The summed E-state index contributed by atoms with van der Waals surface area (Å²) in [6, 6.07) is 15.4. The number of nitrogens with two attached hydrogens (primary N) is 1. The van der Waals surface area contributed by atoms with Crippen molar-refractivity contribution in [1.82, 2.24) is 0 Å². The summed E-state index contributed by atoms with van der Waals surface area (Å²) in [5.41, 5.74) is 6.68. The Hall–Kier alpha value is -2.00. The zero-order valence-corrected chi connectivity index (χ0v) is 11.1. The largest absolute Gasteiger partial charge is 0.494 e. The molecule has 0 amide bonds. The van der Waals surface area contributed by atoms with Crippen molar-refractivity contribution >= 4 is 0 Å². The van der Waals surface area contributed by atoms with Crippen LogP contribution in [0, 0.1) is 0 Å². The average molecular weight is 257 g/mol. The molecule has 2 N–H and O–H groups in total. The van der Waals surface area contributed by atoms with Crippen LogP contribution in [0.5, 0.6) is 17.2 Å². The molecule has 0 saturated carbocycles.